The van der Waals surface area contributed by atoms with Crippen LogP contribution in [0.5, 0.6) is 0 Å². The number of aryl methyl sites for hydroxylation is 1. The van der Waals surface area contributed by atoms with Gasteiger partial charge in [0.15, 0.2) is 11.6 Å². The molecule has 1 nitrogen and oxygen atoms in total. The first-order chi connectivity index (χ1) is 10.7. The molecule has 0 aromatic heterocycles. The molecule has 0 bridgehead atoms. The molecule has 0 heterocycles. The van der Waals surface area contributed by atoms with E-state index in [0.717, 1.165) is 18.4 Å². The number of hydrogen-bond acceptors (Lipinski definition) is 1. The van der Waals surface area contributed by atoms with Gasteiger partial charge in [0.05, 0.1) is 6.07 Å². The van der Waals surface area contributed by atoms with Crippen LogP contribution in [-0.4, -0.2) is 0 Å². The van der Waals surface area contributed by atoms with Crippen molar-refractivity contribution in [1.29, 1.82) is 5.26 Å². The highest BCUT2D eigenvalue weighted by Crippen LogP contribution is 2.32. The fourth-order valence-electron chi connectivity index (χ4n) is 3.06. The van der Waals surface area contributed by atoms with E-state index in [4.69, 9.17) is 5.26 Å². The molecule has 1 aromatic carbocycles. The fraction of sp³-hybridized carbons (Fsp3) is 0.421. The molecule has 3 heteroatoms. The number of hydrogen-bond donors (Lipinski definition) is 0. The zero-order chi connectivity index (χ0) is 15.8. The molecule has 0 aliphatic heterocycles. The quantitative estimate of drug-likeness (QED) is 0.532. The minimum Gasteiger partial charge on any atom is -0.204 e. The SMILES string of the molecule is N#C/C=C/C=C/[C@H]1CC[C@H](CCc2ccc(F)c(F)c2)CC1. The average molecular weight is 301 g/mol. The Morgan fingerprint density at radius 1 is 1.09 bits per heavy atom. The van der Waals surface area contributed by atoms with E-state index >= 15 is 0 Å². The van der Waals surface area contributed by atoms with Crippen LogP contribution in [0.1, 0.15) is 37.7 Å². The molecule has 116 valence electrons. The highest BCUT2D eigenvalue weighted by atomic mass is 19.2. The Kier molecular flexibility index (Phi) is 6.33. The van der Waals surface area contributed by atoms with Gasteiger partial charge in [-0.15, -0.1) is 0 Å². The van der Waals surface area contributed by atoms with Gasteiger partial charge in [-0.1, -0.05) is 24.3 Å². The van der Waals surface area contributed by atoms with Crippen molar-refractivity contribution in [3.8, 4) is 6.07 Å². The van der Waals surface area contributed by atoms with Crippen LogP contribution >= 0.6 is 0 Å². The molecule has 22 heavy (non-hydrogen) atoms. The number of nitrogens with zero attached hydrogens (tertiary/aromatic N) is 1. The maximum atomic E-state index is 13.2. The van der Waals surface area contributed by atoms with Gasteiger partial charge in [0, 0.05) is 6.08 Å². The number of rotatable bonds is 5. The standard InChI is InChI=1S/C19H21F2N/c20-18-12-11-17(14-19(18)21)10-9-16-7-5-15(6-8-16)4-2-1-3-13-22/h1-4,11-12,14-16H,5-10H2/b3-1+,4-2+/t15-,16-. The normalized spacial score (nSPS) is 22.2. The fourth-order valence-corrected chi connectivity index (χ4v) is 3.06. The minimum absolute atomic E-state index is 0.600. The van der Waals surface area contributed by atoms with Gasteiger partial charge in [0.2, 0.25) is 0 Å². The van der Waals surface area contributed by atoms with Gasteiger partial charge < -0.3 is 0 Å². The molecule has 1 aliphatic rings. The van der Waals surface area contributed by atoms with E-state index in [2.05, 4.69) is 6.08 Å². The summed E-state index contributed by atoms with van der Waals surface area (Å²) in [7, 11) is 0. The smallest absolute Gasteiger partial charge is 0.159 e. The predicted octanol–water partition coefficient (Wildman–Crippen LogP) is 5.34. The molecule has 2 rings (SSSR count). The van der Waals surface area contributed by atoms with Crippen LogP contribution in [-0.2, 0) is 6.42 Å². The molecule has 0 saturated heterocycles. The maximum absolute atomic E-state index is 13.2. The predicted molar refractivity (Wildman–Crippen MR) is 84.0 cm³/mol. The molecule has 0 unspecified atom stereocenters. The van der Waals surface area contributed by atoms with Gasteiger partial charge >= 0.3 is 0 Å². The molecule has 0 amide bonds. The lowest BCUT2D eigenvalue weighted by atomic mass is 9.79. The summed E-state index contributed by atoms with van der Waals surface area (Å²) >= 11 is 0. The van der Waals surface area contributed by atoms with Crippen molar-refractivity contribution < 1.29 is 8.78 Å². The second-order valence-electron chi connectivity index (χ2n) is 5.94. The van der Waals surface area contributed by atoms with Crippen LogP contribution in [0.2, 0.25) is 0 Å². The molecule has 0 N–H and O–H groups in total. The molecule has 1 aromatic rings. The lowest BCUT2D eigenvalue weighted by Gasteiger charge is -2.26. The summed E-state index contributed by atoms with van der Waals surface area (Å²) in [5.41, 5.74) is 0.877. The third-order valence-corrected chi connectivity index (χ3v) is 4.38. The van der Waals surface area contributed by atoms with E-state index < -0.39 is 11.6 Å². The third kappa shape index (κ3) is 5.11. The summed E-state index contributed by atoms with van der Waals surface area (Å²) in [6, 6.07) is 6.17. The van der Waals surface area contributed by atoms with E-state index in [-0.39, 0.29) is 0 Å². The van der Waals surface area contributed by atoms with Crippen LogP contribution in [0, 0.1) is 34.8 Å². The summed E-state index contributed by atoms with van der Waals surface area (Å²) in [5.74, 6) is -0.256. The van der Waals surface area contributed by atoms with Gasteiger partial charge in [-0.2, -0.15) is 5.26 Å². The molecule has 1 fully saturated rings. The van der Waals surface area contributed by atoms with Crippen molar-refractivity contribution >= 4 is 0 Å². The molecule has 0 atom stereocenters. The van der Waals surface area contributed by atoms with Crippen molar-refractivity contribution in [2.75, 3.05) is 0 Å². The maximum Gasteiger partial charge on any atom is 0.159 e. The first-order valence-electron chi connectivity index (χ1n) is 7.86. The molecule has 0 radical (unpaired) electrons. The van der Waals surface area contributed by atoms with Crippen molar-refractivity contribution in [2.24, 2.45) is 11.8 Å². The zero-order valence-electron chi connectivity index (χ0n) is 12.6. The minimum atomic E-state index is -0.776. The largest absolute Gasteiger partial charge is 0.204 e. The average Bonchev–Trinajstić information content (AvgIpc) is 2.54. The Bertz CT molecular complexity index is 576. The molecule has 0 spiro atoms. The highest BCUT2D eigenvalue weighted by Gasteiger charge is 2.19. The van der Waals surface area contributed by atoms with Crippen LogP contribution in [0.25, 0.3) is 0 Å². The topological polar surface area (TPSA) is 23.8 Å². The molecular weight excluding hydrogens is 280 g/mol. The van der Waals surface area contributed by atoms with Crippen molar-refractivity contribution in [1.82, 2.24) is 0 Å². The molecular formula is C19H21F2N. The van der Waals surface area contributed by atoms with Crippen molar-refractivity contribution in [3.63, 3.8) is 0 Å². The summed E-state index contributed by atoms with van der Waals surface area (Å²) in [4.78, 5) is 0. The Labute approximate surface area is 131 Å². The van der Waals surface area contributed by atoms with Gasteiger partial charge in [-0.05, 0) is 68.1 Å². The number of nitriles is 1. The molecule has 1 aliphatic carbocycles. The summed E-state index contributed by atoms with van der Waals surface area (Å²) in [5, 5.41) is 8.41. The number of allylic oxidation sites excluding steroid dienone is 4. The Morgan fingerprint density at radius 2 is 1.86 bits per heavy atom. The summed E-state index contributed by atoms with van der Waals surface area (Å²) in [6.07, 6.45) is 13.9. The second kappa shape index (κ2) is 8.48. The van der Waals surface area contributed by atoms with Gasteiger partial charge in [0.1, 0.15) is 0 Å². The van der Waals surface area contributed by atoms with E-state index in [9.17, 15) is 8.78 Å². The Morgan fingerprint density at radius 3 is 2.55 bits per heavy atom. The summed E-state index contributed by atoms with van der Waals surface area (Å²) < 4.78 is 26.0. The molecule has 1 saturated carbocycles. The number of halogens is 2. The van der Waals surface area contributed by atoms with E-state index in [1.54, 1.807) is 12.1 Å². The van der Waals surface area contributed by atoms with Crippen LogP contribution in [0.3, 0.4) is 0 Å². The second-order valence-corrected chi connectivity index (χ2v) is 5.94. The van der Waals surface area contributed by atoms with Crippen LogP contribution in [0.15, 0.2) is 42.5 Å². The third-order valence-electron chi connectivity index (χ3n) is 4.38. The van der Waals surface area contributed by atoms with Gasteiger partial charge in [-0.3, -0.25) is 0 Å². The number of benzene rings is 1. The van der Waals surface area contributed by atoms with E-state index in [0.29, 0.717) is 11.8 Å². The van der Waals surface area contributed by atoms with E-state index in [1.165, 1.54) is 43.9 Å². The van der Waals surface area contributed by atoms with Crippen LogP contribution in [0.4, 0.5) is 8.78 Å². The Balaban J connectivity index is 1.73. The van der Waals surface area contributed by atoms with Gasteiger partial charge in [-0.25, -0.2) is 8.78 Å². The monoisotopic (exact) mass is 301 g/mol. The first kappa shape index (κ1) is 16.4. The van der Waals surface area contributed by atoms with E-state index in [1.807, 2.05) is 12.1 Å². The van der Waals surface area contributed by atoms with Crippen molar-refractivity contribution in [3.05, 3.63) is 59.7 Å². The summed E-state index contributed by atoms with van der Waals surface area (Å²) in [6.45, 7) is 0. The van der Waals surface area contributed by atoms with Crippen molar-refractivity contribution in [2.45, 2.75) is 38.5 Å². The zero-order valence-corrected chi connectivity index (χ0v) is 12.6. The lowest BCUT2D eigenvalue weighted by Crippen LogP contribution is -2.13. The first-order valence-corrected chi connectivity index (χ1v) is 7.86. The van der Waals surface area contributed by atoms with Gasteiger partial charge in [0.25, 0.3) is 0 Å². The highest BCUT2D eigenvalue weighted by molar-refractivity contribution is 5.18. The lowest BCUT2D eigenvalue weighted by molar-refractivity contribution is 0.296. The van der Waals surface area contributed by atoms with Crippen LogP contribution < -0.4 is 0 Å². The Hall–Kier alpha value is -1.95.